The van der Waals surface area contributed by atoms with Crippen molar-refractivity contribution in [1.29, 1.82) is 0 Å². The normalized spacial score (nSPS) is 26.3. The number of hydrogen-bond acceptors (Lipinski definition) is 5. The molecule has 7 heteroatoms. The van der Waals surface area contributed by atoms with Crippen molar-refractivity contribution in [1.82, 2.24) is 20.0 Å². The highest BCUT2D eigenvalue weighted by Gasteiger charge is 2.48. The van der Waals surface area contributed by atoms with Crippen molar-refractivity contribution >= 4 is 33.4 Å². The SMILES string of the molecule is CN1C=C(c2ccc3c(c2)[N+]([O-])(N2C=CNC=C2Br)CC3(C)C)C=NC1. The lowest BCUT2D eigenvalue weighted by molar-refractivity contribution is 0.126. The minimum Gasteiger partial charge on any atom is -0.601 e. The van der Waals surface area contributed by atoms with Crippen LogP contribution in [0.15, 0.2) is 52.6 Å². The summed E-state index contributed by atoms with van der Waals surface area (Å²) in [5.41, 5.74) is 3.67. The van der Waals surface area contributed by atoms with Crippen LogP contribution < -0.4 is 10.1 Å². The lowest BCUT2D eigenvalue weighted by atomic mass is 9.86. The Morgan fingerprint density at radius 2 is 2.15 bits per heavy atom. The van der Waals surface area contributed by atoms with Gasteiger partial charge in [0.1, 0.15) is 13.2 Å². The largest absolute Gasteiger partial charge is 0.601 e. The quantitative estimate of drug-likeness (QED) is 0.455. The van der Waals surface area contributed by atoms with Gasteiger partial charge in [-0.05, 0) is 21.5 Å². The van der Waals surface area contributed by atoms with Crippen LogP contribution in [-0.4, -0.2) is 36.4 Å². The number of fused-ring (bicyclic) bond motifs is 1. The van der Waals surface area contributed by atoms with Crippen molar-refractivity contribution in [2.75, 3.05) is 20.3 Å². The van der Waals surface area contributed by atoms with Crippen LogP contribution in [0.4, 0.5) is 5.69 Å². The highest BCUT2D eigenvalue weighted by Crippen LogP contribution is 2.48. The molecule has 136 valence electrons. The summed E-state index contributed by atoms with van der Waals surface area (Å²) >= 11 is 3.51. The van der Waals surface area contributed by atoms with E-state index in [0.717, 1.165) is 22.4 Å². The van der Waals surface area contributed by atoms with E-state index >= 15 is 0 Å². The predicted molar refractivity (Wildman–Crippen MR) is 110 cm³/mol. The van der Waals surface area contributed by atoms with Crippen molar-refractivity contribution in [3.63, 3.8) is 0 Å². The van der Waals surface area contributed by atoms with Crippen molar-refractivity contribution in [3.05, 3.63) is 63.9 Å². The Morgan fingerprint density at radius 3 is 2.88 bits per heavy atom. The third-order valence-electron chi connectivity index (χ3n) is 5.02. The van der Waals surface area contributed by atoms with Gasteiger partial charge in [-0.1, -0.05) is 26.0 Å². The first-order chi connectivity index (χ1) is 12.3. The molecule has 1 aromatic rings. The molecule has 6 nitrogen and oxygen atoms in total. The molecular weight excluding hydrogens is 394 g/mol. The number of nitrogens with one attached hydrogen (secondary N) is 1. The maximum Gasteiger partial charge on any atom is 0.162 e. The van der Waals surface area contributed by atoms with Gasteiger partial charge < -0.3 is 15.4 Å². The number of hydrogen-bond donors (Lipinski definition) is 1. The summed E-state index contributed by atoms with van der Waals surface area (Å²) in [6.07, 6.45) is 9.27. The summed E-state index contributed by atoms with van der Waals surface area (Å²) in [4.78, 5) is 6.41. The van der Waals surface area contributed by atoms with Gasteiger partial charge in [-0.25, -0.2) is 4.76 Å². The van der Waals surface area contributed by atoms with E-state index in [4.69, 9.17) is 0 Å². The minimum atomic E-state index is -0.550. The second-order valence-corrected chi connectivity index (χ2v) is 8.38. The number of quaternary nitrogens is 1. The van der Waals surface area contributed by atoms with Gasteiger partial charge in [-0.15, -0.1) is 0 Å². The first-order valence-corrected chi connectivity index (χ1v) is 9.35. The minimum absolute atomic E-state index is 0.215. The number of halogens is 1. The molecule has 1 atom stereocenters. The van der Waals surface area contributed by atoms with Crippen molar-refractivity contribution in [2.24, 2.45) is 4.99 Å². The van der Waals surface area contributed by atoms with E-state index in [-0.39, 0.29) is 5.41 Å². The Bertz CT molecular complexity index is 873. The van der Waals surface area contributed by atoms with Crippen LogP contribution in [0.1, 0.15) is 25.0 Å². The summed E-state index contributed by atoms with van der Waals surface area (Å²) < 4.78 is 0.160. The average Bonchev–Trinajstić information content (AvgIpc) is 2.82. The van der Waals surface area contributed by atoms with Gasteiger partial charge in [0.2, 0.25) is 0 Å². The van der Waals surface area contributed by atoms with Gasteiger partial charge in [-0.2, -0.15) is 5.01 Å². The molecule has 0 aliphatic carbocycles. The zero-order valence-electron chi connectivity index (χ0n) is 15.1. The lowest BCUT2D eigenvalue weighted by Gasteiger charge is -2.46. The Labute approximate surface area is 162 Å². The van der Waals surface area contributed by atoms with E-state index in [0.29, 0.717) is 17.8 Å². The smallest absolute Gasteiger partial charge is 0.162 e. The zero-order chi connectivity index (χ0) is 18.5. The number of nitrogens with zero attached hydrogens (tertiary/aromatic N) is 4. The fourth-order valence-electron chi connectivity index (χ4n) is 3.83. The standard InChI is InChI=1S/C19H22BrN5O/c1-19(2)12-25(26,24-7-6-21-10-18(24)20)17-8-14(4-5-16(17)19)15-9-22-13-23(3)11-15/h4-11,21H,12-13H2,1-3H3. The van der Waals surface area contributed by atoms with Crippen LogP contribution in [-0.2, 0) is 5.41 Å². The average molecular weight is 416 g/mol. The monoisotopic (exact) mass is 415 g/mol. The second kappa shape index (κ2) is 5.97. The van der Waals surface area contributed by atoms with E-state index in [1.807, 2.05) is 24.2 Å². The second-order valence-electron chi connectivity index (χ2n) is 7.56. The van der Waals surface area contributed by atoms with Gasteiger partial charge in [0.05, 0.1) is 6.20 Å². The maximum atomic E-state index is 14.1. The summed E-state index contributed by atoms with van der Waals surface area (Å²) in [6.45, 7) is 5.35. The molecule has 0 radical (unpaired) electrons. The molecular formula is C19H22BrN5O. The van der Waals surface area contributed by atoms with E-state index < -0.39 is 4.76 Å². The van der Waals surface area contributed by atoms with E-state index in [2.05, 4.69) is 58.4 Å². The molecule has 0 saturated carbocycles. The fraction of sp³-hybridized carbons (Fsp3) is 0.316. The van der Waals surface area contributed by atoms with E-state index in [1.165, 1.54) is 0 Å². The molecule has 3 heterocycles. The first kappa shape index (κ1) is 17.3. The molecule has 0 spiro atoms. The Hall–Kier alpha value is -2.09. The van der Waals surface area contributed by atoms with Crippen LogP contribution >= 0.6 is 15.9 Å². The van der Waals surface area contributed by atoms with Gasteiger partial charge in [-0.3, -0.25) is 4.99 Å². The number of aliphatic imine (C=N–C) groups is 1. The third-order valence-corrected chi connectivity index (χ3v) is 5.61. The number of benzene rings is 1. The molecule has 1 aromatic carbocycles. The Morgan fingerprint density at radius 1 is 1.35 bits per heavy atom. The lowest BCUT2D eigenvalue weighted by Crippen LogP contribution is -2.55. The number of allylic oxidation sites excluding steroid dienone is 1. The fourth-order valence-corrected chi connectivity index (χ4v) is 4.34. The van der Waals surface area contributed by atoms with Gasteiger partial charge in [0.25, 0.3) is 0 Å². The van der Waals surface area contributed by atoms with Crippen LogP contribution in [0.3, 0.4) is 0 Å². The topological polar surface area (TPSA) is 53.9 Å². The summed E-state index contributed by atoms with van der Waals surface area (Å²) in [6, 6.07) is 6.20. The molecule has 4 rings (SSSR count). The molecule has 26 heavy (non-hydrogen) atoms. The van der Waals surface area contributed by atoms with Gasteiger partial charge >= 0.3 is 0 Å². The number of rotatable bonds is 2. The van der Waals surface area contributed by atoms with Crippen molar-refractivity contribution in [3.8, 4) is 0 Å². The van der Waals surface area contributed by atoms with Crippen LogP contribution in [0.2, 0.25) is 0 Å². The predicted octanol–water partition coefficient (Wildman–Crippen LogP) is 3.58. The third kappa shape index (κ3) is 2.67. The molecule has 0 fully saturated rings. The molecule has 3 aliphatic heterocycles. The summed E-state index contributed by atoms with van der Waals surface area (Å²) in [5.74, 6) is 0. The molecule has 0 amide bonds. The zero-order valence-corrected chi connectivity index (χ0v) is 16.7. The molecule has 1 N–H and O–H groups in total. The Balaban J connectivity index is 1.84. The molecule has 0 saturated heterocycles. The van der Waals surface area contributed by atoms with Crippen molar-refractivity contribution in [2.45, 2.75) is 19.3 Å². The Kier molecular flexibility index (Phi) is 3.98. The first-order valence-electron chi connectivity index (χ1n) is 8.56. The van der Waals surface area contributed by atoms with Crippen LogP contribution in [0.5, 0.6) is 0 Å². The molecule has 3 aliphatic rings. The highest BCUT2D eigenvalue weighted by molar-refractivity contribution is 9.11. The highest BCUT2D eigenvalue weighted by atomic mass is 79.9. The maximum absolute atomic E-state index is 14.1. The van der Waals surface area contributed by atoms with Crippen molar-refractivity contribution < 1.29 is 0 Å². The van der Waals surface area contributed by atoms with Gasteiger partial charge in [0, 0.05) is 54.5 Å². The summed E-state index contributed by atoms with van der Waals surface area (Å²) in [5, 5.41) is 18.8. The van der Waals surface area contributed by atoms with Crippen LogP contribution in [0.25, 0.3) is 5.57 Å². The van der Waals surface area contributed by atoms with Gasteiger partial charge in [0.15, 0.2) is 10.3 Å². The molecule has 1 unspecified atom stereocenters. The van der Waals surface area contributed by atoms with Crippen LogP contribution in [0, 0.1) is 5.21 Å². The summed E-state index contributed by atoms with van der Waals surface area (Å²) in [7, 11) is 1.99. The van der Waals surface area contributed by atoms with E-state index in [9.17, 15) is 5.21 Å². The molecule has 0 aromatic heterocycles. The van der Waals surface area contributed by atoms with E-state index in [1.54, 1.807) is 23.6 Å². The molecule has 0 bridgehead atoms. The number of hydroxylamine groups is 1.